The van der Waals surface area contributed by atoms with Crippen LogP contribution in [0.2, 0.25) is 0 Å². The second-order valence-corrected chi connectivity index (χ2v) is 4.37. The van der Waals surface area contributed by atoms with Crippen LogP contribution in [0.1, 0.15) is 0 Å². The lowest BCUT2D eigenvalue weighted by Gasteiger charge is -2.11. The average molecular weight is 289 g/mol. The van der Waals surface area contributed by atoms with Crippen molar-refractivity contribution >= 4 is 23.9 Å². The molecule has 0 bridgehead atoms. The Hall–Kier alpha value is -2.07. The molecule has 0 fully saturated rings. The lowest BCUT2D eigenvalue weighted by molar-refractivity contribution is 0.956. The molecule has 2 aromatic rings. The Bertz CT molecular complexity index is 583. The van der Waals surface area contributed by atoms with E-state index in [1.807, 2.05) is 36.5 Å². The molecule has 0 saturated heterocycles. The van der Waals surface area contributed by atoms with E-state index in [0.29, 0.717) is 0 Å². The van der Waals surface area contributed by atoms with Gasteiger partial charge in [0.2, 0.25) is 0 Å². The van der Waals surface area contributed by atoms with E-state index in [9.17, 15) is 0 Å². The minimum absolute atomic E-state index is 0. The van der Waals surface area contributed by atoms with Crippen LogP contribution in [-0.2, 0) is 0 Å². The number of hydrogen-bond donors (Lipinski definition) is 2. The van der Waals surface area contributed by atoms with Crippen molar-refractivity contribution in [3.63, 3.8) is 0 Å². The zero-order chi connectivity index (χ0) is 12.9. The molecule has 0 saturated carbocycles. The summed E-state index contributed by atoms with van der Waals surface area (Å²) < 4.78 is 0. The summed E-state index contributed by atoms with van der Waals surface area (Å²) in [5.74, 6) is 1.02. The van der Waals surface area contributed by atoms with E-state index in [1.165, 1.54) is 0 Å². The average Bonchev–Trinajstić information content (AvgIpc) is 3.00. The highest BCUT2D eigenvalue weighted by molar-refractivity contribution is 5.88. The van der Waals surface area contributed by atoms with Crippen molar-refractivity contribution in [2.75, 3.05) is 25.0 Å². The van der Waals surface area contributed by atoms with E-state index in [0.717, 1.165) is 42.4 Å². The van der Waals surface area contributed by atoms with Crippen LogP contribution < -0.4 is 10.6 Å². The standard InChI is InChI=1S/C15H16N4.ClH/c1-2-6-14(19-11-15-17-9-10-18-15)12(5-1)13-7-3-4-8-16-13;/h1-8,19H,9-11H2,(H,17,18);1H. The minimum atomic E-state index is 0. The van der Waals surface area contributed by atoms with Gasteiger partial charge in [-0.05, 0) is 18.2 Å². The molecule has 2 N–H and O–H groups in total. The molecule has 20 heavy (non-hydrogen) atoms. The highest BCUT2D eigenvalue weighted by atomic mass is 35.5. The largest absolute Gasteiger partial charge is 0.377 e. The highest BCUT2D eigenvalue weighted by Gasteiger charge is 2.08. The molecule has 4 nitrogen and oxygen atoms in total. The van der Waals surface area contributed by atoms with Crippen LogP contribution in [0.5, 0.6) is 0 Å². The number of amidine groups is 1. The summed E-state index contributed by atoms with van der Waals surface area (Å²) in [6.45, 7) is 2.54. The Morgan fingerprint density at radius 3 is 2.70 bits per heavy atom. The number of halogens is 1. The van der Waals surface area contributed by atoms with Gasteiger partial charge in [0.25, 0.3) is 0 Å². The molecule has 0 amide bonds. The zero-order valence-electron chi connectivity index (χ0n) is 11.0. The summed E-state index contributed by atoms with van der Waals surface area (Å²) in [5, 5.41) is 6.68. The third kappa shape index (κ3) is 3.27. The summed E-state index contributed by atoms with van der Waals surface area (Å²) >= 11 is 0. The molecule has 0 spiro atoms. The van der Waals surface area contributed by atoms with Crippen molar-refractivity contribution in [1.29, 1.82) is 0 Å². The van der Waals surface area contributed by atoms with E-state index < -0.39 is 0 Å². The summed E-state index contributed by atoms with van der Waals surface area (Å²) in [5.41, 5.74) is 3.17. The molecule has 2 heterocycles. The van der Waals surface area contributed by atoms with Crippen molar-refractivity contribution < 1.29 is 0 Å². The maximum atomic E-state index is 4.40. The first kappa shape index (κ1) is 14.3. The Morgan fingerprint density at radius 1 is 1.10 bits per heavy atom. The number of para-hydroxylation sites is 1. The summed E-state index contributed by atoms with van der Waals surface area (Å²) in [6.07, 6.45) is 1.81. The lowest BCUT2D eigenvalue weighted by Crippen LogP contribution is -2.26. The number of rotatable bonds is 4. The smallest absolute Gasteiger partial charge is 0.116 e. The molecule has 5 heteroatoms. The van der Waals surface area contributed by atoms with Gasteiger partial charge in [0, 0.05) is 24.0 Å². The van der Waals surface area contributed by atoms with Crippen LogP contribution in [-0.4, -0.2) is 30.5 Å². The van der Waals surface area contributed by atoms with Crippen LogP contribution in [0.15, 0.2) is 53.7 Å². The van der Waals surface area contributed by atoms with E-state index >= 15 is 0 Å². The number of benzene rings is 1. The molecule has 0 atom stereocenters. The van der Waals surface area contributed by atoms with Gasteiger partial charge in [-0.3, -0.25) is 9.98 Å². The van der Waals surface area contributed by atoms with Crippen molar-refractivity contribution in [2.45, 2.75) is 0 Å². The maximum Gasteiger partial charge on any atom is 0.116 e. The van der Waals surface area contributed by atoms with Crippen molar-refractivity contribution in [3.8, 4) is 11.3 Å². The second kappa shape index (κ2) is 6.91. The molecule has 3 rings (SSSR count). The minimum Gasteiger partial charge on any atom is -0.377 e. The van der Waals surface area contributed by atoms with Crippen molar-refractivity contribution in [2.24, 2.45) is 4.99 Å². The summed E-state index contributed by atoms with van der Waals surface area (Å²) in [4.78, 5) is 8.78. The van der Waals surface area contributed by atoms with Crippen LogP contribution >= 0.6 is 12.4 Å². The van der Waals surface area contributed by atoms with E-state index in [4.69, 9.17) is 0 Å². The first-order valence-electron chi connectivity index (χ1n) is 6.45. The van der Waals surface area contributed by atoms with Crippen LogP contribution in [0, 0.1) is 0 Å². The van der Waals surface area contributed by atoms with Crippen LogP contribution in [0.3, 0.4) is 0 Å². The fourth-order valence-electron chi connectivity index (χ4n) is 2.13. The SMILES string of the molecule is Cl.c1ccc(-c2ccccc2NCC2=NCCN2)nc1. The number of aromatic nitrogens is 1. The van der Waals surface area contributed by atoms with Gasteiger partial charge in [0.05, 0.1) is 18.8 Å². The van der Waals surface area contributed by atoms with Crippen molar-refractivity contribution in [3.05, 3.63) is 48.7 Å². The monoisotopic (exact) mass is 288 g/mol. The molecule has 0 aliphatic carbocycles. The van der Waals surface area contributed by atoms with E-state index in [2.05, 4.69) is 32.7 Å². The Labute approximate surface area is 124 Å². The van der Waals surface area contributed by atoms with E-state index in [1.54, 1.807) is 0 Å². The maximum absolute atomic E-state index is 4.40. The number of aliphatic imine (C=N–C) groups is 1. The number of anilines is 1. The molecule has 0 unspecified atom stereocenters. The molecular formula is C15H17ClN4. The fraction of sp³-hybridized carbons (Fsp3) is 0.200. The topological polar surface area (TPSA) is 49.3 Å². The van der Waals surface area contributed by atoms with Gasteiger partial charge in [-0.2, -0.15) is 0 Å². The Morgan fingerprint density at radius 2 is 1.95 bits per heavy atom. The predicted octanol–water partition coefficient (Wildman–Crippen LogP) is 2.58. The lowest BCUT2D eigenvalue weighted by atomic mass is 10.1. The molecule has 0 radical (unpaired) electrons. The first-order chi connectivity index (χ1) is 9.43. The Kier molecular flexibility index (Phi) is 4.96. The van der Waals surface area contributed by atoms with Crippen molar-refractivity contribution in [1.82, 2.24) is 10.3 Å². The number of nitrogens with zero attached hydrogens (tertiary/aromatic N) is 2. The fourth-order valence-corrected chi connectivity index (χ4v) is 2.13. The molecule has 104 valence electrons. The number of pyridine rings is 1. The van der Waals surface area contributed by atoms with Gasteiger partial charge in [0.15, 0.2) is 0 Å². The molecule has 1 aromatic carbocycles. The van der Waals surface area contributed by atoms with Crippen LogP contribution in [0.25, 0.3) is 11.3 Å². The molecule has 1 aromatic heterocycles. The summed E-state index contributed by atoms with van der Waals surface area (Å²) in [7, 11) is 0. The molecule has 1 aliphatic rings. The van der Waals surface area contributed by atoms with Gasteiger partial charge in [-0.25, -0.2) is 0 Å². The van der Waals surface area contributed by atoms with Crippen LogP contribution in [0.4, 0.5) is 5.69 Å². The van der Waals surface area contributed by atoms with Gasteiger partial charge in [-0.15, -0.1) is 12.4 Å². The third-order valence-electron chi connectivity index (χ3n) is 3.06. The van der Waals surface area contributed by atoms with Gasteiger partial charge < -0.3 is 10.6 Å². The quantitative estimate of drug-likeness (QED) is 0.909. The Balaban J connectivity index is 0.00000147. The van der Waals surface area contributed by atoms with Gasteiger partial charge in [0.1, 0.15) is 5.84 Å². The van der Waals surface area contributed by atoms with E-state index in [-0.39, 0.29) is 12.4 Å². The van der Waals surface area contributed by atoms with Gasteiger partial charge >= 0.3 is 0 Å². The molecular weight excluding hydrogens is 272 g/mol. The third-order valence-corrected chi connectivity index (χ3v) is 3.06. The predicted molar refractivity (Wildman–Crippen MR) is 85.7 cm³/mol. The van der Waals surface area contributed by atoms with Gasteiger partial charge in [-0.1, -0.05) is 24.3 Å². The second-order valence-electron chi connectivity index (χ2n) is 4.37. The highest BCUT2D eigenvalue weighted by Crippen LogP contribution is 2.25. The zero-order valence-corrected chi connectivity index (χ0v) is 11.9. The number of nitrogens with one attached hydrogen (secondary N) is 2. The summed E-state index contributed by atoms with van der Waals surface area (Å²) in [6, 6.07) is 14.2. The molecule has 1 aliphatic heterocycles. The normalized spacial score (nSPS) is 13.1. The first-order valence-corrected chi connectivity index (χ1v) is 6.45. The number of hydrogen-bond acceptors (Lipinski definition) is 4.